The number of carbonyl (C=O) groups excluding carboxylic acids is 1. The van der Waals surface area contributed by atoms with Crippen LogP contribution < -0.4 is 19.5 Å². The minimum atomic E-state index is -0.00394. The number of nitrogens with one attached hydrogen (secondary N) is 2. The van der Waals surface area contributed by atoms with Gasteiger partial charge in [-0.25, -0.2) is 0 Å². The van der Waals surface area contributed by atoms with Crippen molar-refractivity contribution >= 4 is 16.8 Å². The maximum Gasteiger partial charge on any atom is 0.220 e. The molecule has 6 nitrogen and oxygen atoms in total. The molecule has 0 spiro atoms. The van der Waals surface area contributed by atoms with E-state index in [2.05, 4.69) is 22.4 Å². The van der Waals surface area contributed by atoms with Crippen molar-refractivity contribution in [3.63, 3.8) is 0 Å². The number of benzene rings is 3. The van der Waals surface area contributed by atoms with Crippen LogP contribution in [0.25, 0.3) is 22.2 Å². The summed E-state index contributed by atoms with van der Waals surface area (Å²) in [6.45, 7) is 0.429. The Kier molecular flexibility index (Phi) is 6.83. The van der Waals surface area contributed by atoms with Crippen LogP contribution in [0.5, 0.6) is 17.2 Å². The van der Waals surface area contributed by atoms with E-state index in [-0.39, 0.29) is 5.91 Å². The van der Waals surface area contributed by atoms with E-state index in [1.165, 1.54) is 0 Å². The highest BCUT2D eigenvalue weighted by atomic mass is 16.5. The zero-order valence-corrected chi connectivity index (χ0v) is 19.1. The van der Waals surface area contributed by atoms with Crippen molar-refractivity contribution in [1.82, 2.24) is 10.3 Å². The number of aromatic nitrogens is 1. The SMILES string of the molecule is COc1ccc(-c2[nH]c3ccccc3c2CCC(=O)NCc2ccc(OC)c(OC)c2)cc1. The maximum absolute atomic E-state index is 12.7. The van der Waals surface area contributed by atoms with Crippen LogP contribution in [0, 0.1) is 0 Å². The average Bonchev–Trinajstić information content (AvgIpc) is 3.24. The molecule has 1 aromatic heterocycles. The Morgan fingerprint density at radius 1 is 0.879 bits per heavy atom. The quantitative estimate of drug-likeness (QED) is 0.376. The number of carbonyl (C=O) groups is 1. The first-order valence-corrected chi connectivity index (χ1v) is 10.8. The monoisotopic (exact) mass is 444 g/mol. The second kappa shape index (κ2) is 10.1. The zero-order chi connectivity index (χ0) is 23.2. The van der Waals surface area contributed by atoms with E-state index in [0.29, 0.717) is 30.9 Å². The van der Waals surface area contributed by atoms with Gasteiger partial charge in [-0.1, -0.05) is 24.3 Å². The van der Waals surface area contributed by atoms with Crippen LogP contribution in [0.4, 0.5) is 0 Å². The summed E-state index contributed by atoms with van der Waals surface area (Å²) in [7, 11) is 4.86. The lowest BCUT2D eigenvalue weighted by Crippen LogP contribution is -2.23. The van der Waals surface area contributed by atoms with Crippen LogP contribution >= 0.6 is 0 Å². The van der Waals surface area contributed by atoms with Crippen molar-refractivity contribution < 1.29 is 19.0 Å². The zero-order valence-electron chi connectivity index (χ0n) is 19.1. The summed E-state index contributed by atoms with van der Waals surface area (Å²) in [4.78, 5) is 16.2. The smallest absolute Gasteiger partial charge is 0.220 e. The fraction of sp³-hybridized carbons (Fsp3) is 0.222. The van der Waals surface area contributed by atoms with Gasteiger partial charge in [0, 0.05) is 29.6 Å². The highest BCUT2D eigenvalue weighted by Gasteiger charge is 2.15. The summed E-state index contributed by atoms with van der Waals surface area (Å²) in [6, 6.07) is 21.8. The predicted octanol–water partition coefficient (Wildman–Crippen LogP) is 5.11. The Labute approximate surface area is 193 Å². The number of hydrogen-bond donors (Lipinski definition) is 2. The van der Waals surface area contributed by atoms with Crippen molar-refractivity contribution in [3.8, 4) is 28.5 Å². The van der Waals surface area contributed by atoms with Crippen LogP contribution in [-0.4, -0.2) is 32.2 Å². The summed E-state index contributed by atoms with van der Waals surface area (Å²) in [5.41, 5.74) is 5.24. The lowest BCUT2D eigenvalue weighted by Gasteiger charge is -2.11. The third-order valence-electron chi connectivity index (χ3n) is 5.73. The number of amides is 1. The van der Waals surface area contributed by atoms with Crippen LogP contribution in [0.15, 0.2) is 66.7 Å². The average molecular weight is 445 g/mol. The lowest BCUT2D eigenvalue weighted by atomic mass is 10.0. The molecule has 6 heteroatoms. The van der Waals surface area contributed by atoms with Gasteiger partial charge in [-0.15, -0.1) is 0 Å². The van der Waals surface area contributed by atoms with Crippen LogP contribution in [0.3, 0.4) is 0 Å². The van der Waals surface area contributed by atoms with E-state index >= 15 is 0 Å². The van der Waals surface area contributed by atoms with E-state index in [1.54, 1.807) is 21.3 Å². The number of hydrogen-bond acceptors (Lipinski definition) is 4. The van der Waals surface area contributed by atoms with Crippen LogP contribution in [0.1, 0.15) is 17.5 Å². The van der Waals surface area contributed by atoms with E-state index in [0.717, 1.165) is 39.0 Å². The van der Waals surface area contributed by atoms with E-state index in [4.69, 9.17) is 14.2 Å². The van der Waals surface area contributed by atoms with Crippen LogP contribution in [0.2, 0.25) is 0 Å². The second-order valence-corrected chi connectivity index (χ2v) is 7.72. The van der Waals surface area contributed by atoms with Gasteiger partial charge in [-0.05, 0) is 65.6 Å². The Bertz CT molecular complexity index is 1240. The van der Waals surface area contributed by atoms with Crippen LogP contribution in [-0.2, 0) is 17.8 Å². The Balaban J connectivity index is 1.48. The molecular formula is C27H28N2O4. The highest BCUT2D eigenvalue weighted by molar-refractivity contribution is 5.91. The molecule has 4 aromatic rings. The number of aryl methyl sites for hydroxylation is 1. The largest absolute Gasteiger partial charge is 0.497 e. The van der Waals surface area contributed by atoms with Crippen molar-refractivity contribution in [3.05, 3.63) is 77.9 Å². The molecule has 0 radical (unpaired) electrons. The van der Waals surface area contributed by atoms with E-state index in [9.17, 15) is 4.79 Å². The number of rotatable bonds is 9. The minimum Gasteiger partial charge on any atom is -0.497 e. The van der Waals surface area contributed by atoms with Gasteiger partial charge in [-0.3, -0.25) is 4.79 Å². The van der Waals surface area contributed by atoms with Gasteiger partial charge in [0.05, 0.1) is 21.3 Å². The van der Waals surface area contributed by atoms with Gasteiger partial charge >= 0.3 is 0 Å². The first-order valence-electron chi connectivity index (χ1n) is 10.8. The summed E-state index contributed by atoms with van der Waals surface area (Å²) in [5, 5.41) is 4.15. The maximum atomic E-state index is 12.7. The van der Waals surface area contributed by atoms with Gasteiger partial charge in [0.25, 0.3) is 0 Å². The molecule has 1 heterocycles. The molecule has 0 saturated carbocycles. The number of methoxy groups -OCH3 is 3. The normalized spacial score (nSPS) is 10.8. The molecule has 4 rings (SSSR count). The number of ether oxygens (including phenoxy) is 3. The first kappa shape index (κ1) is 22.3. The Morgan fingerprint density at radius 3 is 2.36 bits per heavy atom. The summed E-state index contributed by atoms with van der Waals surface area (Å²) in [5.74, 6) is 2.12. The Morgan fingerprint density at radius 2 is 1.64 bits per heavy atom. The van der Waals surface area contributed by atoms with Gasteiger partial charge < -0.3 is 24.5 Å². The number of para-hydroxylation sites is 1. The Hall–Kier alpha value is -3.93. The molecule has 170 valence electrons. The van der Waals surface area contributed by atoms with Crippen molar-refractivity contribution in [2.75, 3.05) is 21.3 Å². The molecule has 33 heavy (non-hydrogen) atoms. The van der Waals surface area contributed by atoms with E-state index < -0.39 is 0 Å². The number of fused-ring (bicyclic) bond motifs is 1. The summed E-state index contributed by atoms with van der Waals surface area (Å²) < 4.78 is 15.9. The van der Waals surface area contributed by atoms with Gasteiger partial charge in [0.15, 0.2) is 11.5 Å². The number of aromatic amines is 1. The molecule has 0 atom stereocenters. The molecule has 0 fully saturated rings. The predicted molar refractivity (Wildman–Crippen MR) is 130 cm³/mol. The van der Waals surface area contributed by atoms with Crippen molar-refractivity contribution in [2.45, 2.75) is 19.4 Å². The third-order valence-corrected chi connectivity index (χ3v) is 5.73. The lowest BCUT2D eigenvalue weighted by molar-refractivity contribution is -0.121. The van der Waals surface area contributed by atoms with E-state index in [1.807, 2.05) is 54.6 Å². The molecule has 0 aliphatic carbocycles. The van der Waals surface area contributed by atoms with Crippen molar-refractivity contribution in [1.29, 1.82) is 0 Å². The fourth-order valence-corrected chi connectivity index (χ4v) is 3.98. The van der Waals surface area contributed by atoms with Crippen molar-refractivity contribution in [2.24, 2.45) is 0 Å². The molecule has 0 aliphatic heterocycles. The molecule has 0 bridgehead atoms. The molecule has 3 aromatic carbocycles. The second-order valence-electron chi connectivity index (χ2n) is 7.72. The molecule has 0 aliphatic rings. The first-order chi connectivity index (χ1) is 16.1. The van der Waals surface area contributed by atoms with Gasteiger partial charge in [-0.2, -0.15) is 0 Å². The molecule has 1 amide bonds. The molecule has 0 saturated heterocycles. The molecule has 2 N–H and O–H groups in total. The number of H-pyrrole nitrogens is 1. The summed E-state index contributed by atoms with van der Waals surface area (Å²) >= 11 is 0. The topological polar surface area (TPSA) is 72.6 Å². The standard InChI is InChI=1S/C27H28N2O4/c1-31-20-11-9-19(10-12-20)27-22(21-6-4-5-7-23(21)29-27)13-15-26(30)28-17-18-8-14-24(32-2)25(16-18)33-3/h4-12,14,16,29H,13,15,17H2,1-3H3,(H,28,30). The summed E-state index contributed by atoms with van der Waals surface area (Å²) in [6.07, 6.45) is 1.02. The van der Waals surface area contributed by atoms with Gasteiger partial charge in [0.1, 0.15) is 5.75 Å². The van der Waals surface area contributed by atoms with Gasteiger partial charge in [0.2, 0.25) is 5.91 Å². The minimum absolute atomic E-state index is 0.00394. The molecular weight excluding hydrogens is 416 g/mol. The fourth-order valence-electron chi connectivity index (χ4n) is 3.98. The third kappa shape index (κ3) is 4.95. The highest BCUT2D eigenvalue weighted by Crippen LogP contribution is 2.32. The molecule has 0 unspecified atom stereocenters.